The fraction of sp³-hybridized carbons (Fsp3) is 0.750. The van der Waals surface area contributed by atoms with Crippen LogP contribution in [0.4, 0.5) is 0 Å². The highest BCUT2D eigenvalue weighted by atomic mass is 16.3. The van der Waals surface area contributed by atoms with Crippen LogP contribution in [0.2, 0.25) is 0 Å². The maximum atomic E-state index is 10.2. The lowest BCUT2D eigenvalue weighted by Crippen LogP contribution is -1.96. The quantitative estimate of drug-likeness (QED) is 0.301. The smallest absolute Gasteiger partial charge is 0.119 e. The zero-order valence-electron chi connectivity index (χ0n) is 17.0. The number of unbranched alkanes of at least 4 members (excludes halogenated alkanes) is 12. The molecule has 25 heavy (non-hydrogen) atoms. The number of phenols is 1. The maximum absolute atomic E-state index is 10.2. The van der Waals surface area contributed by atoms with Gasteiger partial charge in [0.2, 0.25) is 0 Å². The number of hydrogen-bond donors (Lipinski definition) is 1. The van der Waals surface area contributed by atoms with E-state index in [2.05, 4.69) is 19.9 Å². The van der Waals surface area contributed by atoms with Crippen molar-refractivity contribution >= 4 is 0 Å². The molecule has 1 rings (SSSR count). The van der Waals surface area contributed by atoms with E-state index in [1.165, 1.54) is 101 Å². The van der Waals surface area contributed by atoms with Crippen LogP contribution in [0, 0.1) is 0 Å². The first-order valence-corrected chi connectivity index (χ1v) is 11.1. The van der Waals surface area contributed by atoms with Gasteiger partial charge in [-0.1, -0.05) is 103 Å². The summed E-state index contributed by atoms with van der Waals surface area (Å²) in [5.74, 6) is 0.518. The highest BCUT2D eigenvalue weighted by Crippen LogP contribution is 2.25. The first-order chi connectivity index (χ1) is 12.3. The van der Waals surface area contributed by atoms with E-state index in [1.807, 2.05) is 12.1 Å². The van der Waals surface area contributed by atoms with E-state index in [1.54, 1.807) is 0 Å². The first-order valence-electron chi connectivity index (χ1n) is 11.1. The Hall–Kier alpha value is -0.980. The number of hydrogen-bond acceptors (Lipinski definition) is 1. The van der Waals surface area contributed by atoms with Gasteiger partial charge >= 0.3 is 0 Å². The molecule has 0 unspecified atom stereocenters. The number of aromatic hydroxyl groups is 1. The van der Waals surface area contributed by atoms with E-state index < -0.39 is 0 Å². The predicted octanol–water partition coefficient (Wildman–Crippen LogP) is 7.98. The van der Waals surface area contributed by atoms with Crippen LogP contribution in [0.15, 0.2) is 18.2 Å². The maximum Gasteiger partial charge on any atom is 0.119 e. The summed E-state index contributed by atoms with van der Waals surface area (Å²) in [5.41, 5.74) is 2.60. The summed E-state index contributed by atoms with van der Waals surface area (Å²) in [5, 5.41) is 10.2. The molecule has 0 fully saturated rings. The summed E-state index contributed by atoms with van der Waals surface area (Å²) in [7, 11) is 0. The molecule has 0 saturated carbocycles. The van der Waals surface area contributed by atoms with Crippen molar-refractivity contribution in [2.75, 3.05) is 0 Å². The molecule has 144 valence electrons. The molecule has 1 heteroatoms. The molecule has 0 saturated heterocycles. The average Bonchev–Trinajstić information content (AvgIpc) is 2.62. The summed E-state index contributed by atoms with van der Waals surface area (Å²) in [4.78, 5) is 0. The minimum atomic E-state index is 0.518. The molecule has 1 aromatic rings. The Kier molecular flexibility index (Phi) is 13.5. The van der Waals surface area contributed by atoms with Crippen molar-refractivity contribution in [1.29, 1.82) is 0 Å². The van der Waals surface area contributed by atoms with Gasteiger partial charge in [-0.05, 0) is 42.9 Å². The molecule has 0 radical (unpaired) electrons. The Labute approximate surface area is 157 Å². The van der Waals surface area contributed by atoms with Gasteiger partial charge < -0.3 is 5.11 Å². The lowest BCUT2D eigenvalue weighted by atomic mass is 9.95. The number of aryl methyl sites for hydroxylation is 1. The van der Waals surface area contributed by atoms with Gasteiger partial charge in [-0.25, -0.2) is 0 Å². The van der Waals surface area contributed by atoms with E-state index in [0.29, 0.717) is 5.75 Å². The average molecular weight is 347 g/mol. The minimum Gasteiger partial charge on any atom is -0.508 e. The standard InChI is InChI=1S/C24H42O/c1-3-5-7-9-10-11-12-13-14-16-20-23-22(18-15-8-6-4-2)19-17-21-24(23)25/h17,19,21,25H,3-16,18,20H2,1-2H3. The van der Waals surface area contributed by atoms with Crippen molar-refractivity contribution in [3.63, 3.8) is 0 Å². The summed E-state index contributed by atoms with van der Waals surface area (Å²) < 4.78 is 0. The molecule has 0 heterocycles. The third-order valence-corrected chi connectivity index (χ3v) is 5.33. The zero-order chi connectivity index (χ0) is 18.2. The van der Waals surface area contributed by atoms with E-state index in [4.69, 9.17) is 0 Å². The van der Waals surface area contributed by atoms with Crippen LogP contribution in [-0.4, -0.2) is 5.11 Å². The van der Waals surface area contributed by atoms with Crippen LogP contribution in [0.5, 0.6) is 5.75 Å². The summed E-state index contributed by atoms with van der Waals surface area (Å²) in [6.07, 6.45) is 21.0. The van der Waals surface area contributed by atoms with Gasteiger partial charge in [0.1, 0.15) is 5.75 Å². The molecule has 0 spiro atoms. The van der Waals surface area contributed by atoms with Crippen molar-refractivity contribution in [1.82, 2.24) is 0 Å². The van der Waals surface area contributed by atoms with E-state index in [0.717, 1.165) is 12.8 Å². The monoisotopic (exact) mass is 346 g/mol. The molecule has 0 aliphatic carbocycles. The van der Waals surface area contributed by atoms with Gasteiger partial charge in [-0.3, -0.25) is 0 Å². The van der Waals surface area contributed by atoms with Crippen LogP contribution in [0.25, 0.3) is 0 Å². The topological polar surface area (TPSA) is 20.2 Å². The predicted molar refractivity (Wildman–Crippen MR) is 112 cm³/mol. The third kappa shape index (κ3) is 10.6. The van der Waals surface area contributed by atoms with Crippen LogP contribution >= 0.6 is 0 Å². The molecule has 0 aliphatic heterocycles. The molecule has 0 bridgehead atoms. The molecular weight excluding hydrogens is 304 g/mol. The summed E-state index contributed by atoms with van der Waals surface area (Å²) in [6, 6.07) is 6.09. The molecule has 1 N–H and O–H groups in total. The Morgan fingerprint density at radius 2 is 1.08 bits per heavy atom. The van der Waals surface area contributed by atoms with Crippen molar-refractivity contribution < 1.29 is 5.11 Å². The second-order valence-corrected chi connectivity index (χ2v) is 7.66. The zero-order valence-corrected chi connectivity index (χ0v) is 17.0. The fourth-order valence-electron chi connectivity index (χ4n) is 3.68. The Balaban J connectivity index is 2.18. The van der Waals surface area contributed by atoms with Gasteiger partial charge in [-0.2, -0.15) is 0 Å². The first kappa shape index (κ1) is 22.1. The lowest BCUT2D eigenvalue weighted by Gasteiger charge is -2.11. The second kappa shape index (κ2) is 15.3. The molecule has 1 nitrogen and oxygen atoms in total. The van der Waals surface area contributed by atoms with E-state index >= 15 is 0 Å². The molecule has 0 atom stereocenters. The lowest BCUT2D eigenvalue weighted by molar-refractivity contribution is 0.464. The molecule has 0 aliphatic rings. The fourth-order valence-corrected chi connectivity index (χ4v) is 3.68. The van der Waals surface area contributed by atoms with Crippen molar-refractivity contribution in [3.05, 3.63) is 29.3 Å². The van der Waals surface area contributed by atoms with Crippen LogP contribution in [0.1, 0.15) is 115 Å². The molecule has 1 aromatic carbocycles. The van der Waals surface area contributed by atoms with Crippen molar-refractivity contribution in [2.24, 2.45) is 0 Å². The number of rotatable bonds is 16. The highest BCUT2D eigenvalue weighted by Gasteiger charge is 2.07. The second-order valence-electron chi connectivity index (χ2n) is 7.66. The van der Waals surface area contributed by atoms with Gasteiger partial charge in [-0.15, -0.1) is 0 Å². The van der Waals surface area contributed by atoms with Gasteiger partial charge in [0.15, 0.2) is 0 Å². The van der Waals surface area contributed by atoms with Gasteiger partial charge in [0.05, 0.1) is 0 Å². The minimum absolute atomic E-state index is 0.518. The normalized spacial score (nSPS) is 11.1. The Morgan fingerprint density at radius 3 is 1.68 bits per heavy atom. The number of benzene rings is 1. The van der Waals surface area contributed by atoms with Crippen LogP contribution in [-0.2, 0) is 12.8 Å². The van der Waals surface area contributed by atoms with E-state index in [9.17, 15) is 5.11 Å². The van der Waals surface area contributed by atoms with Crippen molar-refractivity contribution in [2.45, 2.75) is 117 Å². The van der Waals surface area contributed by atoms with E-state index in [-0.39, 0.29) is 0 Å². The molecule has 0 amide bonds. The Morgan fingerprint density at radius 1 is 0.600 bits per heavy atom. The third-order valence-electron chi connectivity index (χ3n) is 5.33. The SMILES string of the molecule is CCCCCCCCCCCCc1c(O)cccc1CCCCCC. The van der Waals surface area contributed by atoms with Crippen LogP contribution < -0.4 is 0 Å². The van der Waals surface area contributed by atoms with Crippen LogP contribution in [0.3, 0.4) is 0 Å². The number of phenolic OH excluding ortho intramolecular Hbond substituents is 1. The molecular formula is C24H42O. The van der Waals surface area contributed by atoms with Crippen molar-refractivity contribution in [3.8, 4) is 5.75 Å². The Bertz CT molecular complexity index is 424. The summed E-state index contributed by atoms with van der Waals surface area (Å²) in [6.45, 7) is 4.53. The molecule has 0 aromatic heterocycles. The highest BCUT2D eigenvalue weighted by molar-refractivity contribution is 5.39. The van der Waals surface area contributed by atoms with Gasteiger partial charge in [0.25, 0.3) is 0 Å². The summed E-state index contributed by atoms with van der Waals surface area (Å²) >= 11 is 0. The van der Waals surface area contributed by atoms with Gasteiger partial charge in [0, 0.05) is 0 Å². The largest absolute Gasteiger partial charge is 0.508 e.